The Bertz CT molecular complexity index is 296. The van der Waals surface area contributed by atoms with E-state index in [0.717, 1.165) is 0 Å². The van der Waals surface area contributed by atoms with Crippen LogP contribution in [-0.4, -0.2) is 4.98 Å². The molecule has 0 N–H and O–H groups in total. The number of hydrogen-bond acceptors (Lipinski definition) is 1. The molecule has 0 unspecified atom stereocenters. The van der Waals surface area contributed by atoms with E-state index >= 15 is 0 Å². The molecule has 0 amide bonds. The summed E-state index contributed by atoms with van der Waals surface area (Å²) in [6, 6.07) is 3.04. The van der Waals surface area contributed by atoms with Crippen LogP contribution < -0.4 is 0 Å². The maximum atomic E-state index is 13.2. The number of aryl methyl sites for hydroxylation is 1. The molecule has 3 heteroatoms. The summed E-state index contributed by atoms with van der Waals surface area (Å²) < 4.78 is 26.3. The molecule has 0 saturated heterocycles. The normalized spacial score (nSPS) is 20.2. The van der Waals surface area contributed by atoms with Crippen molar-refractivity contribution in [1.29, 1.82) is 0 Å². The van der Waals surface area contributed by atoms with Crippen LogP contribution >= 0.6 is 0 Å². The summed E-state index contributed by atoms with van der Waals surface area (Å²) in [5, 5.41) is 0. The SMILES string of the molecule is FC1(F)CCCc2ncccc21. The molecular formula is C9H9F2N. The molecule has 12 heavy (non-hydrogen) atoms. The number of hydrogen-bond donors (Lipinski definition) is 0. The Kier molecular flexibility index (Phi) is 1.60. The Morgan fingerprint density at radius 3 is 3.00 bits per heavy atom. The molecule has 0 saturated carbocycles. The van der Waals surface area contributed by atoms with Crippen LogP contribution in [-0.2, 0) is 12.3 Å². The van der Waals surface area contributed by atoms with Gasteiger partial charge in [0, 0.05) is 23.9 Å². The van der Waals surface area contributed by atoms with Crippen molar-refractivity contribution in [3.8, 4) is 0 Å². The van der Waals surface area contributed by atoms with Crippen LogP contribution in [0.1, 0.15) is 24.1 Å². The third-order valence-electron chi connectivity index (χ3n) is 2.19. The molecule has 1 aliphatic carbocycles. The van der Waals surface area contributed by atoms with Crippen LogP contribution in [0.3, 0.4) is 0 Å². The van der Waals surface area contributed by atoms with Gasteiger partial charge in [0.05, 0.1) is 0 Å². The van der Waals surface area contributed by atoms with Gasteiger partial charge in [-0.05, 0) is 25.0 Å². The minimum Gasteiger partial charge on any atom is -0.261 e. The van der Waals surface area contributed by atoms with Crippen molar-refractivity contribution in [2.45, 2.75) is 25.2 Å². The van der Waals surface area contributed by atoms with Crippen molar-refractivity contribution in [1.82, 2.24) is 4.98 Å². The van der Waals surface area contributed by atoms with Gasteiger partial charge < -0.3 is 0 Å². The van der Waals surface area contributed by atoms with Gasteiger partial charge >= 0.3 is 0 Å². The maximum absolute atomic E-state index is 13.2. The van der Waals surface area contributed by atoms with Gasteiger partial charge in [0.25, 0.3) is 5.92 Å². The van der Waals surface area contributed by atoms with Gasteiger partial charge in [-0.25, -0.2) is 8.78 Å². The number of aromatic nitrogens is 1. The van der Waals surface area contributed by atoms with Crippen molar-refractivity contribution >= 4 is 0 Å². The van der Waals surface area contributed by atoms with E-state index in [1.165, 1.54) is 6.07 Å². The van der Waals surface area contributed by atoms with E-state index < -0.39 is 5.92 Å². The summed E-state index contributed by atoms with van der Waals surface area (Å²) in [5.41, 5.74) is 0.685. The second-order valence-electron chi connectivity index (χ2n) is 3.06. The molecule has 0 aromatic carbocycles. The van der Waals surface area contributed by atoms with Gasteiger partial charge in [-0.3, -0.25) is 4.98 Å². The molecule has 0 fully saturated rings. The lowest BCUT2D eigenvalue weighted by molar-refractivity contribution is -0.0223. The summed E-state index contributed by atoms with van der Waals surface area (Å²) in [6.07, 6.45) is 2.76. The van der Waals surface area contributed by atoms with E-state index in [4.69, 9.17) is 0 Å². The predicted molar refractivity (Wildman–Crippen MR) is 41.1 cm³/mol. The van der Waals surface area contributed by atoms with Crippen LogP contribution in [0, 0.1) is 0 Å². The minimum absolute atomic E-state index is 0.0360. The highest BCUT2D eigenvalue weighted by molar-refractivity contribution is 5.26. The lowest BCUT2D eigenvalue weighted by Gasteiger charge is -2.23. The summed E-state index contributed by atoms with van der Waals surface area (Å²) in [7, 11) is 0. The van der Waals surface area contributed by atoms with E-state index in [0.29, 0.717) is 18.5 Å². The zero-order chi connectivity index (χ0) is 8.60. The van der Waals surface area contributed by atoms with Gasteiger partial charge in [0.1, 0.15) is 0 Å². The van der Waals surface area contributed by atoms with E-state index in [2.05, 4.69) is 4.98 Å². The number of halogens is 2. The van der Waals surface area contributed by atoms with Gasteiger partial charge in [-0.15, -0.1) is 0 Å². The molecule has 1 aromatic heterocycles. The Hall–Kier alpha value is -0.990. The van der Waals surface area contributed by atoms with Gasteiger partial charge in [-0.2, -0.15) is 0 Å². The maximum Gasteiger partial charge on any atom is 0.275 e. The highest BCUT2D eigenvalue weighted by Crippen LogP contribution is 2.38. The highest BCUT2D eigenvalue weighted by atomic mass is 19.3. The number of alkyl halides is 2. The van der Waals surface area contributed by atoms with E-state index in [1.807, 2.05) is 0 Å². The Balaban J connectivity index is 2.52. The fourth-order valence-electron chi connectivity index (χ4n) is 1.58. The molecule has 1 heterocycles. The molecular weight excluding hydrogens is 160 g/mol. The van der Waals surface area contributed by atoms with Crippen LogP contribution in [0.4, 0.5) is 8.78 Å². The first-order chi connectivity index (χ1) is 5.70. The van der Waals surface area contributed by atoms with Crippen molar-refractivity contribution in [3.63, 3.8) is 0 Å². The first-order valence-electron chi connectivity index (χ1n) is 4.02. The lowest BCUT2D eigenvalue weighted by atomic mass is 9.93. The van der Waals surface area contributed by atoms with Gasteiger partial charge in [0.15, 0.2) is 0 Å². The first kappa shape index (κ1) is 7.65. The number of pyridine rings is 1. The number of rotatable bonds is 0. The van der Waals surface area contributed by atoms with Crippen LogP contribution in [0.15, 0.2) is 18.3 Å². The number of fused-ring (bicyclic) bond motifs is 1. The minimum atomic E-state index is -2.65. The molecule has 1 aliphatic rings. The van der Waals surface area contributed by atoms with Crippen molar-refractivity contribution in [2.75, 3.05) is 0 Å². The largest absolute Gasteiger partial charge is 0.275 e. The van der Waals surface area contributed by atoms with Crippen LogP contribution in [0.5, 0.6) is 0 Å². The van der Waals surface area contributed by atoms with E-state index in [9.17, 15) is 8.78 Å². The third-order valence-corrected chi connectivity index (χ3v) is 2.19. The average Bonchev–Trinajstić information content (AvgIpc) is 2.04. The Morgan fingerprint density at radius 1 is 1.42 bits per heavy atom. The predicted octanol–water partition coefficient (Wildman–Crippen LogP) is 2.51. The van der Waals surface area contributed by atoms with Crippen LogP contribution in [0.25, 0.3) is 0 Å². The molecule has 1 nitrogen and oxygen atoms in total. The van der Waals surface area contributed by atoms with E-state index in [1.54, 1.807) is 12.3 Å². The fraction of sp³-hybridized carbons (Fsp3) is 0.444. The monoisotopic (exact) mass is 169 g/mol. The first-order valence-corrected chi connectivity index (χ1v) is 4.02. The van der Waals surface area contributed by atoms with Crippen molar-refractivity contribution in [2.24, 2.45) is 0 Å². The topological polar surface area (TPSA) is 12.9 Å². The summed E-state index contributed by atoms with van der Waals surface area (Å²) in [4.78, 5) is 3.93. The van der Waals surface area contributed by atoms with Crippen molar-refractivity contribution < 1.29 is 8.78 Å². The molecule has 0 spiro atoms. The third kappa shape index (κ3) is 1.09. The van der Waals surface area contributed by atoms with Gasteiger partial charge in [0.2, 0.25) is 0 Å². The molecule has 64 valence electrons. The van der Waals surface area contributed by atoms with E-state index in [-0.39, 0.29) is 12.0 Å². The fourth-order valence-corrected chi connectivity index (χ4v) is 1.58. The molecule has 0 aliphatic heterocycles. The Morgan fingerprint density at radius 2 is 2.25 bits per heavy atom. The molecule has 0 radical (unpaired) electrons. The zero-order valence-corrected chi connectivity index (χ0v) is 6.56. The summed E-state index contributed by atoms with van der Waals surface area (Å²) in [5.74, 6) is -2.65. The standard InChI is InChI=1S/C9H9F2N/c10-9(11)5-1-4-8-7(9)3-2-6-12-8/h2-3,6H,1,4-5H2. The Labute approximate surface area is 69.4 Å². The van der Waals surface area contributed by atoms with Gasteiger partial charge in [-0.1, -0.05) is 0 Å². The highest BCUT2D eigenvalue weighted by Gasteiger charge is 2.36. The molecule has 0 bridgehead atoms. The summed E-state index contributed by atoms with van der Waals surface area (Å²) in [6.45, 7) is 0. The van der Waals surface area contributed by atoms with Crippen molar-refractivity contribution in [3.05, 3.63) is 29.6 Å². The molecule has 1 aromatic rings. The molecule has 2 rings (SSSR count). The lowest BCUT2D eigenvalue weighted by Crippen LogP contribution is -2.21. The smallest absolute Gasteiger partial charge is 0.261 e. The zero-order valence-electron chi connectivity index (χ0n) is 6.56. The van der Waals surface area contributed by atoms with Crippen LogP contribution in [0.2, 0.25) is 0 Å². The second-order valence-corrected chi connectivity index (χ2v) is 3.06. The second kappa shape index (κ2) is 2.51. The molecule has 0 atom stereocenters. The quantitative estimate of drug-likeness (QED) is 0.581. The number of nitrogens with zero attached hydrogens (tertiary/aromatic N) is 1. The average molecular weight is 169 g/mol. The summed E-state index contributed by atoms with van der Waals surface area (Å²) >= 11 is 0.